The molecule has 0 atom stereocenters. The van der Waals surface area contributed by atoms with Crippen molar-refractivity contribution in [2.45, 2.75) is 11.8 Å². The van der Waals surface area contributed by atoms with Gasteiger partial charge in [-0.05, 0) is 30.2 Å². The molecule has 1 N–H and O–H groups in total. The molecule has 9 heteroatoms. The fourth-order valence-electron chi connectivity index (χ4n) is 2.35. The number of ether oxygens (including phenoxy) is 1. The summed E-state index contributed by atoms with van der Waals surface area (Å²) in [5, 5.41) is -0.0141. The Morgan fingerprint density at radius 2 is 1.68 bits per heavy atom. The SMILES string of the molecule is CCOC(=O)C(=O)c1cnc(NS(=O)(=O)c2ccc(-c3ccccc3)cc2)s1. The topological polar surface area (TPSA) is 102 Å². The monoisotopic (exact) mass is 416 g/mol. The van der Waals surface area contributed by atoms with E-state index in [0.29, 0.717) is 0 Å². The fourth-order valence-corrected chi connectivity index (χ4v) is 4.34. The summed E-state index contributed by atoms with van der Waals surface area (Å²) in [4.78, 5) is 27.3. The van der Waals surface area contributed by atoms with E-state index >= 15 is 0 Å². The number of thiazole rings is 1. The number of nitrogens with zero attached hydrogens (tertiary/aromatic N) is 1. The van der Waals surface area contributed by atoms with E-state index in [0.717, 1.165) is 28.7 Å². The number of sulfonamides is 1. The van der Waals surface area contributed by atoms with E-state index in [1.165, 1.54) is 12.1 Å². The van der Waals surface area contributed by atoms with E-state index in [-0.39, 0.29) is 21.5 Å². The smallest absolute Gasteiger partial charge is 0.380 e. The number of nitrogens with one attached hydrogen (secondary N) is 1. The molecule has 3 aromatic rings. The Kier molecular flexibility index (Phi) is 5.86. The highest BCUT2D eigenvalue weighted by Gasteiger charge is 2.22. The van der Waals surface area contributed by atoms with Gasteiger partial charge in [0.2, 0.25) is 0 Å². The molecule has 0 bridgehead atoms. The molecule has 0 aliphatic rings. The lowest BCUT2D eigenvalue weighted by atomic mass is 10.1. The molecular formula is C19H16N2O5S2. The van der Waals surface area contributed by atoms with Gasteiger partial charge >= 0.3 is 5.97 Å². The second kappa shape index (κ2) is 8.32. The summed E-state index contributed by atoms with van der Waals surface area (Å²) < 4.78 is 32.0. The van der Waals surface area contributed by atoms with Crippen LogP contribution in [0.25, 0.3) is 11.1 Å². The maximum Gasteiger partial charge on any atom is 0.380 e. The van der Waals surface area contributed by atoms with Crippen LogP contribution < -0.4 is 4.72 Å². The molecule has 0 aliphatic heterocycles. The van der Waals surface area contributed by atoms with Crippen LogP contribution in [0.4, 0.5) is 5.13 Å². The first-order valence-electron chi connectivity index (χ1n) is 8.26. The Morgan fingerprint density at radius 1 is 1.04 bits per heavy atom. The number of carbonyl (C=O) groups excluding carboxylic acids is 2. The number of hydrogen-bond donors (Lipinski definition) is 1. The van der Waals surface area contributed by atoms with Gasteiger partial charge in [0.15, 0.2) is 5.13 Å². The highest BCUT2D eigenvalue weighted by Crippen LogP contribution is 2.25. The Morgan fingerprint density at radius 3 is 2.32 bits per heavy atom. The van der Waals surface area contributed by atoms with Gasteiger partial charge in [0, 0.05) is 0 Å². The summed E-state index contributed by atoms with van der Waals surface area (Å²) in [5.41, 5.74) is 1.86. The van der Waals surface area contributed by atoms with Crippen molar-refractivity contribution < 1.29 is 22.7 Å². The molecule has 0 spiro atoms. The minimum atomic E-state index is -3.88. The minimum Gasteiger partial charge on any atom is -0.460 e. The van der Waals surface area contributed by atoms with Crippen molar-refractivity contribution in [3.05, 3.63) is 65.7 Å². The highest BCUT2D eigenvalue weighted by atomic mass is 32.2. The van der Waals surface area contributed by atoms with Gasteiger partial charge in [-0.15, -0.1) is 0 Å². The number of aromatic nitrogens is 1. The molecule has 0 aliphatic carbocycles. The predicted molar refractivity (Wildman–Crippen MR) is 106 cm³/mol. The van der Waals surface area contributed by atoms with Crippen molar-refractivity contribution >= 4 is 38.2 Å². The lowest BCUT2D eigenvalue weighted by Crippen LogP contribution is -2.16. The maximum absolute atomic E-state index is 12.5. The predicted octanol–water partition coefficient (Wildman–Crippen LogP) is 3.36. The van der Waals surface area contributed by atoms with E-state index < -0.39 is 21.8 Å². The summed E-state index contributed by atoms with van der Waals surface area (Å²) in [6.07, 6.45) is 1.14. The summed E-state index contributed by atoms with van der Waals surface area (Å²) in [7, 11) is -3.88. The summed E-state index contributed by atoms with van der Waals surface area (Å²) in [6.45, 7) is 1.66. The Balaban J connectivity index is 1.75. The van der Waals surface area contributed by atoms with E-state index in [1.807, 2.05) is 30.3 Å². The molecule has 144 valence electrons. The zero-order chi connectivity index (χ0) is 20.1. The lowest BCUT2D eigenvalue weighted by molar-refractivity contribution is -0.137. The standard InChI is InChI=1S/C19H16N2O5S2/c1-2-26-18(23)17(22)16-12-20-19(27-16)21-28(24,25)15-10-8-14(9-11-15)13-6-4-3-5-7-13/h3-12H,2H2,1H3,(H,20,21). The summed E-state index contributed by atoms with van der Waals surface area (Å²) in [5.74, 6) is -1.87. The van der Waals surface area contributed by atoms with Gasteiger partial charge in [-0.1, -0.05) is 53.8 Å². The van der Waals surface area contributed by atoms with E-state index in [9.17, 15) is 18.0 Å². The van der Waals surface area contributed by atoms with Crippen molar-refractivity contribution in [2.75, 3.05) is 11.3 Å². The van der Waals surface area contributed by atoms with Crippen LogP contribution in [0.1, 0.15) is 16.6 Å². The highest BCUT2D eigenvalue weighted by molar-refractivity contribution is 7.93. The van der Waals surface area contributed by atoms with Crippen LogP contribution in [0, 0.1) is 0 Å². The first-order chi connectivity index (χ1) is 13.4. The number of rotatable bonds is 7. The fraction of sp³-hybridized carbons (Fsp3) is 0.105. The first kappa shape index (κ1) is 19.7. The lowest BCUT2D eigenvalue weighted by Gasteiger charge is -2.06. The van der Waals surface area contributed by atoms with E-state index in [1.54, 1.807) is 19.1 Å². The molecule has 7 nitrogen and oxygen atoms in total. The van der Waals surface area contributed by atoms with Crippen LogP contribution in [0.3, 0.4) is 0 Å². The second-order valence-corrected chi connectivity index (χ2v) is 8.29. The van der Waals surface area contributed by atoms with Gasteiger partial charge in [-0.3, -0.25) is 9.52 Å². The van der Waals surface area contributed by atoms with Crippen LogP contribution in [0.2, 0.25) is 0 Å². The molecule has 0 radical (unpaired) electrons. The van der Waals surface area contributed by atoms with Gasteiger partial charge in [-0.25, -0.2) is 18.2 Å². The third kappa shape index (κ3) is 4.44. The number of benzene rings is 2. The minimum absolute atomic E-state index is 0.00410. The Bertz CT molecular complexity index is 1090. The van der Waals surface area contributed by atoms with E-state index in [4.69, 9.17) is 0 Å². The Hall–Kier alpha value is -3.04. The molecule has 0 saturated heterocycles. The third-order valence-corrected chi connectivity index (χ3v) is 6.08. The van der Waals surface area contributed by atoms with Gasteiger partial charge in [0.05, 0.1) is 17.7 Å². The van der Waals surface area contributed by atoms with Crippen LogP contribution in [0.15, 0.2) is 65.7 Å². The number of hydrogen-bond acceptors (Lipinski definition) is 7. The second-order valence-electron chi connectivity index (χ2n) is 5.58. The molecule has 0 fully saturated rings. The van der Waals surface area contributed by atoms with Crippen molar-refractivity contribution in [2.24, 2.45) is 0 Å². The summed E-state index contributed by atoms with van der Waals surface area (Å²) >= 11 is 0.765. The van der Waals surface area contributed by atoms with Crippen molar-refractivity contribution in [1.82, 2.24) is 4.98 Å². The molecule has 1 aromatic heterocycles. The van der Waals surface area contributed by atoms with Crippen molar-refractivity contribution in [1.29, 1.82) is 0 Å². The van der Waals surface area contributed by atoms with Crippen molar-refractivity contribution in [3.63, 3.8) is 0 Å². The van der Waals surface area contributed by atoms with Crippen LogP contribution >= 0.6 is 11.3 Å². The molecule has 3 rings (SSSR count). The van der Waals surface area contributed by atoms with Crippen LogP contribution in [-0.2, 0) is 19.6 Å². The number of anilines is 1. The quantitative estimate of drug-likeness (QED) is 0.360. The van der Waals surface area contributed by atoms with Gasteiger partial charge in [-0.2, -0.15) is 0 Å². The van der Waals surface area contributed by atoms with E-state index in [2.05, 4.69) is 14.4 Å². The molecule has 0 amide bonds. The molecule has 1 heterocycles. The third-order valence-electron chi connectivity index (χ3n) is 3.68. The van der Waals surface area contributed by atoms with Gasteiger partial charge < -0.3 is 4.74 Å². The first-order valence-corrected chi connectivity index (χ1v) is 10.6. The molecular weight excluding hydrogens is 400 g/mol. The molecule has 2 aromatic carbocycles. The number of ketones is 1. The Labute approximate surface area is 166 Å². The van der Waals surface area contributed by atoms with Gasteiger partial charge in [0.25, 0.3) is 15.8 Å². The average molecular weight is 416 g/mol. The molecule has 0 unspecified atom stereocenters. The largest absolute Gasteiger partial charge is 0.460 e. The summed E-state index contributed by atoms with van der Waals surface area (Å²) in [6, 6.07) is 16.0. The number of esters is 1. The number of Topliss-reactive ketones (excluding diaryl/α,β-unsaturated/α-hetero) is 1. The normalized spacial score (nSPS) is 11.0. The van der Waals surface area contributed by atoms with Crippen LogP contribution in [-0.4, -0.2) is 31.8 Å². The molecule has 28 heavy (non-hydrogen) atoms. The molecule has 0 saturated carbocycles. The average Bonchev–Trinajstić information content (AvgIpc) is 3.16. The van der Waals surface area contributed by atoms with Crippen LogP contribution in [0.5, 0.6) is 0 Å². The zero-order valence-electron chi connectivity index (χ0n) is 14.8. The number of carbonyl (C=O) groups is 2. The van der Waals surface area contributed by atoms with Gasteiger partial charge in [0.1, 0.15) is 4.88 Å². The zero-order valence-corrected chi connectivity index (χ0v) is 16.4. The van der Waals surface area contributed by atoms with Crippen molar-refractivity contribution in [3.8, 4) is 11.1 Å². The maximum atomic E-state index is 12.5.